The maximum atomic E-state index is 13.3. The minimum atomic E-state index is -0.184. The van der Waals surface area contributed by atoms with E-state index in [2.05, 4.69) is 35.6 Å². The van der Waals surface area contributed by atoms with Gasteiger partial charge in [-0.15, -0.1) is 0 Å². The van der Waals surface area contributed by atoms with Crippen molar-refractivity contribution in [1.29, 1.82) is 0 Å². The summed E-state index contributed by atoms with van der Waals surface area (Å²) in [5, 5.41) is 1.70. The highest BCUT2D eigenvalue weighted by atomic mass is 16.5. The zero-order valence-corrected chi connectivity index (χ0v) is 35.6. The predicted molar refractivity (Wildman–Crippen MR) is 235 cm³/mol. The summed E-state index contributed by atoms with van der Waals surface area (Å²) in [6.07, 6.45) is 1.80. The Bertz CT molecular complexity index is 2270. The summed E-state index contributed by atoms with van der Waals surface area (Å²) in [6.45, 7) is 20.4. The third-order valence-electron chi connectivity index (χ3n) is 10.7. The first-order valence-electron chi connectivity index (χ1n) is 21.0. The summed E-state index contributed by atoms with van der Waals surface area (Å²) >= 11 is 0. The molecule has 0 aliphatic carbocycles. The predicted octanol–water partition coefficient (Wildman–Crippen LogP) is 9.47. The standard InChI is InChI=1S/C26H32N2O4.C23H27NO3/c1-4-30-21-9-7-20(8-10-21)24(29)26-25(22-18-19(2)6-11-23(22)32-26)31-17-5-12-28-15-13-27(3)14-16-28;1-4-24(5-2)14-9-15-26-22-19-16-17(3)12-13-20(19)27-23(22)21(25)18-10-7-6-8-11-18/h6-11,18H,4-5,12-17H2,1-3H3;6-8,10-13,16H,4-5,9,14-15H2,1-3H3. The largest absolute Gasteiger partial charge is 0.494 e. The third-order valence-corrected chi connectivity index (χ3v) is 10.7. The second kappa shape index (κ2) is 21.0. The van der Waals surface area contributed by atoms with Gasteiger partial charge in [0.05, 0.1) is 30.6 Å². The minimum Gasteiger partial charge on any atom is -0.494 e. The Morgan fingerprint density at radius 3 is 1.69 bits per heavy atom. The van der Waals surface area contributed by atoms with Gasteiger partial charge in [0.1, 0.15) is 16.9 Å². The number of nitrogens with zero attached hydrogens (tertiary/aromatic N) is 3. The molecule has 1 saturated heterocycles. The van der Waals surface area contributed by atoms with Crippen molar-refractivity contribution in [2.45, 2.75) is 47.5 Å². The Morgan fingerprint density at radius 2 is 1.17 bits per heavy atom. The third kappa shape index (κ3) is 11.2. The molecule has 6 aromatic rings. The van der Waals surface area contributed by atoms with Crippen molar-refractivity contribution in [3.8, 4) is 17.2 Å². The van der Waals surface area contributed by atoms with Gasteiger partial charge in [0.15, 0.2) is 11.5 Å². The Balaban J connectivity index is 0.000000201. The van der Waals surface area contributed by atoms with Crippen molar-refractivity contribution in [3.05, 3.63) is 125 Å². The molecular weight excluding hydrogens is 743 g/mol. The van der Waals surface area contributed by atoms with Gasteiger partial charge in [0.2, 0.25) is 23.1 Å². The van der Waals surface area contributed by atoms with E-state index in [1.165, 1.54) is 0 Å². The molecular formula is C49H59N3O7. The highest BCUT2D eigenvalue weighted by Gasteiger charge is 2.25. The van der Waals surface area contributed by atoms with Crippen molar-refractivity contribution in [1.82, 2.24) is 14.7 Å². The van der Waals surface area contributed by atoms with Crippen molar-refractivity contribution in [2.24, 2.45) is 0 Å². The molecule has 59 heavy (non-hydrogen) atoms. The van der Waals surface area contributed by atoms with Crippen molar-refractivity contribution in [3.63, 3.8) is 0 Å². The molecule has 7 rings (SSSR count). The van der Waals surface area contributed by atoms with Crippen molar-refractivity contribution in [2.75, 3.05) is 79.2 Å². The van der Waals surface area contributed by atoms with Gasteiger partial charge in [0, 0.05) is 50.4 Å². The minimum absolute atomic E-state index is 0.150. The fraction of sp³-hybridized carbons (Fsp3) is 0.388. The first kappa shape index (κ1) is 43.2. The van der Waals surface area contributed by atoms with Crippen LogP contribution in [0.5, 0.6) is 17.2 Å². The summed E-state index contributed by atoms with van der Waals surface area (Å²) in [5.74, 6) is 2.05. The van der Waals surface area contributed by atoms with Crippen LogP contribution in [-0.2, 0) is 0 Å². The van der Waals surface area contributed by atoms with E-state index in [1.807, 2.05) is 75.4 Å². The molecule has 1 aliphatic heterocycles. The summed E-state index contributed by atoms with van der Waals surface area (Å²) in [5.41, 5.74) is 4.70. The summed E-state index contributed by atoms with van der Waals surface area (Å²) in [6, 6.07) is 28.1. The molecule has 10 heteroatoms. The van der Waals surface area contributed by atoms with Gasteiger partial charge in [-0.2, -0.15) is 0 Å². The topological polar surface area (TPSA) is 97.8 Å². The number of ketones is 2. The van der Waals surface area contributed by atoms with Crippen LogP contribution in [-0.4, -0.2) is 105 Å². The Kier molecular flexibility index (Phi) is 15.4. The second-order valence-corrected chi connectivity index (χ2v) is 15.1. The molecule has 2 aromatic heterocycles. The summed E-state index contributed by atoms with van der Waals surface area (Å²) in [4.78, 5) is 33.4. The normalized spacial score (nSPS) is 13.4. The average molecular weight is 802 g/mol. The van der Waals surface area contributed by atoms with Crippen LogP contribution in [0.25, 0.3) is 21.9 Å². The lowest BCUT2D eigenvalue weighted by Gasteiger charge is -2.32. The van der Waals surface area contributed by atoms with Crippen LogP contribution in [0.3, 0.4) is 0 Å². The van der Waals surface area contributed by atoms with Crippen LogP contribution < -0.4 is 14.2 Å². The molecule has 0 spiro atoms. The maximum Gasteiger partial charge on any atom is 0.232 e. The number of aryl methyl sites for hydroxylation is 2. The van der Waals surface area contributed by atoms with E-state index in [4.69, 9.17) is 23.0 Å². The summed E-state index contributed by atoms with van der Waals surface area (Å²) < 4.78 is 29.7. The van der Waals surface area contributed by atoms with E-state index in [9.17, 15) is 9.59 Å². The SMILES string of the molecule is CCN(CC)CCCOc1c(C(=O)c2ccccc2)oc2ccc(C)cc12.CCOc1ccc(C(=O)c2oc3ccc(C)cc3c2OCCCN2CCN(C)CC2)cc1. The molecule has 0 unspecified atom stereocenters. The van der Waals surface area contributed by atoms with Crippen LogP contribution >= 0.6 is 0 Å². The lowest BCUT2D eigenvalue weighted by molar-refractivity contribution is 0.0997. The van der Waals surface area contributed by atoms with Crippen LogP contribution in [0.2, 0.25) is 0 Å². The van der Waals surface area contributed by atoms with Crippen LogP contribution in [0.1, 0.15) is 77.0 Å². The van der Waals surface area contributed by atoms with Gasteiger partial charge in [-0.3, -0.25) is 9.59 Å². The molecule has 3 heterocycles. The van der Waals surface area contributed by atoms with Crippen LogP contribution in [0, 0.1) is 13.8 Å². The molecule has 0 N–H and O–H groups in total. The average Bonchev–Trinajstić information content (AvgIpc) is 3.80. The number of rotatable bonds is 18. The first-order valence-corrected chi connectivity index (χ1v) is 21.0. The van der Waals surface area contributed by atoms with Crippen molar-refractivity contribution >= 4 is 33.5 Å². The molecule has 1 aliphatic rings. The monoisotopic (exact) mass is 801 g/mol. The number of ether oxygens (including phenoxy) is 3. The summed E-state index contributed by atoms with van der Waals surface area (Å²) in [7, 11) is 2.16. The molecule has 0 radical (unpaired) electrons. The molecule has 4 aromatic carbocycles. The van der Waals surface area contributed by atoms with Crippen LogP contribution in [0.4, 0.5) is 0 Å². The molecule has 0 bridgehead atoms. The van der Waals surface area contributed by atoms with Crippen LogP contribution in [0.15, 0.2) is 99.8 Å². The lowest BCUT2D eigenvalue weighted by atomic mass is 10.1. The molecule has 0 amide bonds. The number of piperazine rings is 1. The molecule has 0 atom stereocenters. The van der Waals surface area contributed by atoms with Crippen molar-refractivity contribution < 1.29 is 32.6 Å². The lowest BCUT2D eigenvalue weighted by Crippen LogP contribution is -2.44. The number of fused-ring (bicyclic) bond motifs is 2. The first-order chi connectivity index (χ1) is 28.7. The number of hydrogen-bond donors (Lipinski definition) is 0. The van der Waals surface area contributed by atoms with Gasteiger partial charge >= 0.3 is 0 Å². The quantitative estimate of drug-likeness (QED) is 0.0618. The number of carbonyl (C=O) groups is 2. The van der Waals surface area contributed by atoms with E-state index in [-0.39, 0.29) is 23.1 Å². The molecule has 312 valence electrons. The number of hydrogen-bond acceptors (Lipinski definition) is 10. The Labute approximate surface area is 348 Å². The number of carbonyl (C=O) groups excluding carboxylic acids is 2. The fourth-order valence-corrected chi connectivity index (χ4v) is 7.22. The smallest absolute Gasteiger partial charge is 0.232 e. The second-order valence-electron chi connectivity index (χ2n) is 15.1. The van der Waals surface area contributed by atoms with Gasteiger partial charge in [0.25, 0.3) is 0 Å². The number of likely N-dealkylation sites (N-methyl/N-ethyl adjacent to an activating group) is 1. The van der Waals surface area contributed by atoms with Gasteiger partial charge in [-0.1, -0.05) is 67.4 Å². The van der Waals surface area contributed by atoms with Gasteiger partial charge in [-0.05, 0) is 102 Å². The highest BCUT2D eigenvalue weighted by Crippen LogP contribution is 2.37. The molecule has 1 fully saturated rings. The number of benzene rings is 4. The Hall–Kier alpha value is -5.42. The molecule has 0 saturated carbocycles. The maximum absolute atomic E-state index is 13.3. The van der Waals surface area contributed by atoms with E-state index in [1.54, 1.807) is 36.4 Å². The van der Waals surface area contributed by atoms with Gasteiger partial charge in [-0.25, -0.2) is 0 Å². The molecule has 10 nitrogen and oxygen atoms in total. The van der Waals surface area contributed by atoms with Gasteiger partial charge < -0.3 is 37.7 Å². The van der Waals surface area contributed by atoms with E-state index in [0.717, 1.165) is 92.8 Å². The fourth-order valence-electron chi connectivity index (χ4n) is 7.22. The van der Waals surface area contributed by atoms with E-state index >= 15 is 0 Å². The zero-order chi connectivity index (χ0) is 41.7. The van der Waals surface area contributed by atoms with E-state index < -0.39 is 0 Å². The highest BCUT2D eigenvalue weighted by molar-refractivity contribution is 6.13. The van der Waals surface area contributed by atoms with E-state index in [0.29, 0.717) is 53.6 Å². The Morgan fingerprint density at radius 1 is 0.644 bits per heavy atom. The zero-order valence-electron chi connectivity index (χ0n) is 35.6. The number of furan rings is 2.